The number of benzene rings is 1. The highest BCUT2D eigenvalue weighted by molar-refractivity contribution is 7.08. The van der Waals surface area contributed by atoms with Gasteiger partial charge in [-0.1, -0.05) is 11.6 Å². The number of amides is 2. The molecule has 1 aromatic heterocycles. The van der Waals surface area contributed by atoms with Gasteiger partial charge in [0, 0.05) is 17.8 Å². The third kappa shape index (κ3) is 4.14. The summed E-state index contributed by atoms with van der Waals surface area (Å²) in [5.74, 6) is -1.01. The van der Waals surface area contributed by atoms with Crippen molar-refractivity contribution < 1.29 is 23.8 Å². The quantitative estimate of drug-likeness (QED) is 0.624. The number of halogens is 2. The lowest BCUT2D eigenvalue weighted by Gasteiger charge is -2.56. The molecule has 5 rings (SSSR count). The minimum absolute atomic E-state index is 0.0239. The van der Waals surface area contributed by atoms with E-state index in [1.807, 2.05) is 0 Å². The highest BCUT2D eigenvalue weighted by Crippen LogP contribution is 2.47. The summed E-state index contributed by atoms with van der Waals surface area (Å²) in [6.07, 6.45) is 3.53. The van der Waals surface area contributed by atoms with Gasteiger partial charge in [0.1, 0.15) is 16.4 Å². The second kappa shape index (κ2) is 8.13. The SMILES string of the molecule is O=C(COc1ccc(Cl)c(F)c1)NC12CCC(NC(=O)c3ccns3)(CC1)CC2O. The van der Waals surface area contributed by atoms with Crippen LogP contribution in [-0.2, 0) is 4.79 Å². The number of carbonyl (C=O) groups excluding carboxylic acids is 2. The summed E-state index contributed by atoms with van der Waals surface area (Å²) in [7, 11) is 0. The van der Waals surface area contributed by atoms with Gasteiger partial charge in [-0.2, -0.15) is 0 Å². The van der Waals surface area contributed by atoms with Crippen molar-refractivity contribution in [1.29, 1.82) is 0 Å². The second-order valence-electron chi connectivity index (χ2n) is 7.90. The summed E-state index contributed by atoms with van der Waals surface area (Å²) in [5, 5.41) is 16.7. The maximum atomic E-state index is 13.5. The van der Waals surface area contributed by atoms with Crippen LogP contribution < -0.4 is 15.4 Å². The molecule has 1 heterocycles. The van der Waals surface area contributed by atoms with Gasteiger partial charge < -0.3 is 20.5 Å². The number of fused-ring (bicyclic) bond motifs is 3. The van der Waals surface area contributed by atoms with Gasteiger partial charge >= 0.3 is 0 Å². The van der Waals surface area contributed by atoms with E-state index >= 15 is 0 Å². The lowest BCUT2D eigenvalue weighted by molar-refractivity contribution is -0.132. The number of nitrogens with zero attached hydrogens (tertiary/aromatic N) is 1. The number of aliphatic hydroxyl groups excluding tert-OH is 1. The number of ether oxygens (including phenoxy) is 1. The van der Waals surface area contributed by atoms with Crippen LogP contribution in [0, 0.1) is 5.82 Å². The number of nitrogens with one attached hydrogen (secondary N) is 2. The van der Waals surface area contributed by atoms with Crippen molar-refractivity contribution in [2.75, 3.05) is 6.61 Å². The monoisotopic (exact) mass is 453 g/mol. The first-order valence-electron chi connectivity index (χ1n) is 9.61. The molecular weight excluding hydrogens is 433 g/mol. The first-order chi connectivity index (χ1) is 14.3. The lowest BCUT2D eigenvalue weighted by atomic mass is 9.60. The summed E-state index contributed by atoms with van der Waals surface area (Å²) in [5.41, 5.74) is -1.23. The largest absolute Gasteiger partial charge is 0.484 e. The Morgan fingerprint density at radius 2 is 2.03 bits per heavy atom. The van der Waals surface area contributed by atoms with E-state index in [-0.39, 0.29) is 23.3 Å². The van der Waals surface area contributed by atoms with Crippen molar-refractivity contribution in [2.45, 2.75) is 49.3 Å². The van der Waals surface area contributed by atoms with Crippen molar-refractivity contribution in [3.05, 3.63) is 46.2 Å². The second-order valence-corrected chi connectivity index (χ2v) is 9.14. The van der Waals surface area contributed by atoms with Crippen LogP contribution in [0.2, 0.25) is 5.02 Å². The van der Waals surface area contributed by atoms with E-state index in [0.29, 0.717) is 37.0 Å². The number of carbonyl (C=O) groups is 2. The zero-order valence-corrected chi connectivity index (χ0v) is 17.6. The fraction of sp³-hybridized carbons (Fsp3) is 0.450. The average molecular weight is 454 g/mol. The Labute approximate surface area is 181 Å². The molecule has 160 valence electrons. The van der Waals surface area contributed by atoms with Gasteiger partial charge in [-0.15, -0.1) is 0 Å². The van der Waals surface area contributed by atoms with E-state index in [1.54, 1.807) is 12.3 Å². The number of rotatable bonds is 6. The molecule has 3 aliphatic rings. The first kappa shape index (κ1) is 21.0. The predicted octanol–water partition coefficient (Wildman–Crippen LogP) is 2.68. The molecular formula is C20H21ClFN3O4S. The molecule has 3 aliphatic carbocycles. The number of aliphatic hydroxyl groups is 1. The normalized spacial score (nSPS) is 27.5. The van der Waals surface area contributed by atoms with E-state index in [2.05, 4.69) is 15.0 Å². The summed E-state index contributed by atoms with van der Waals surface area (Å²) in [6.45, 7) is -0.303. The Bertz CT molecular complexity index is 948. The molecule has 30 heavy (non-hydrogen) atoms. The molecule has 0 spiro atoms. The molecule has 1 unspecified atom stereocenters. The summed E-state index contributed by atoms with van der Waals surface area (Å²) in [6, 6.07) is 5.61. The Morgan fingerprint density at radius 3 is 2.67 bits per heavy atom. The third-order valence-electron chi connectivity index (χ3n) is 6.01. The third-order valence-corrected chi connectivity index (χ3v) is 7.06. The minimum atomic E-state index is -0.793. The summed E-state index contributed by atoms with van der Waals surface area (Å²) in [4.78, 5) is 25.4. The van der Waals surface area contributed by atoms with Gasteiger partial charge in [0.25, 0.3) is 11.8 Å². The Morgan fingerprint density at radius 1 is 1.27 bits per heavy atom. The van der Waals surface area contributed by atoms with E-state index in [9.17, 15) is 19.1 Å². The molecule has 3 fully saturated rings. The van der Waals surface area contributed by atoms with Crippen LogP contribution in [0.4, 0.5) is 4.39 Å². The van der Waals surface area contributed by atoms with Crippen LogP contribution >= 0.6 is 23.1 Å². The fourth-order valence-corrected chi connectivity index (χ4v) is 4.93. The van der Waals surface area contributed by atoms with E-state index in [1.165, 1.54) is 12.1 Å². The molecule has 0 saturated heterocycles. The molecule has 0 radical (unpaired) electrons. The van der Waals surface area contributed by atoms with Crippen LogP contribution in [-0.4, -0.2) is 45.1 Å². The maximum absolute atomic E-state index is 13.5. The molecule has 0 aliphatic heterocycles. The number of hydrogen-bond acceptors (Lipinski definition) is 6. The summed E-state index contributed by atoms with van der Waals surface area (Å²) >= 11 is 6.76. The summed E-state index contributed by atoms with van der Waals surface area (Å²) < 4.78 is 22.8. The molecule has 2 amide bonds. The number of aromatic nitrogens is 1. The predicted molar refractivity (Wildman–Crippen MR) is 109 cm³/mol. The highest BCUT2D eigenvalue weighted by atomic mass is 35.5. The van der Waals surface area contributed by atoms with Crippen molar-refractivity contribution in [1.82, 2.24) is 15.0 Å². The first-order valence-corrected chi connectivity index (χ1v) is 10.8. The lowest BCUT2D eigenvalue weighted by Crippen LogP contribution is -2.70. The molecule has 2 bridgehead atoms. The fourth-order valence-electron chi connectivity index (χ4n) is 4.33. The molecule has 1 aromatic carbocycles. The van der Waals surface area contributed by atoms with Crippen molar-refractivity contribution in [3.8, 4) is 5.75 Å². The molecule has 3 N–H and O–H groups in total. The van der Waals surface area contributed by atoms with Crippen LogP contribution in [0.1, 0.15) is 41.8 Å². The van der Waals surface area contributed by atoms with Crippen LogP contribution in [0.25, 0.3) is 0 Å². The van der Waals surface area contributed by atoms with E-state index < -0.39 is 28.9 Å². The van der Waals surface area contributed by atoms with Gasteiger partial charge in [-0.25, -0.2) is 8.76 Å². The smallest absolute Gasteiger partial charge is 0.263 e. The molecule has 1 atom stereocenters. The van der Waals surface area contributed by atoms with Gasteiger partial charge in [0.05, 0.1) is 16.7 Å². The van der Waals surface area contributed by atoms with Crippen molar-refractivity contribution >= 4 is 34.9 Å². The molecule has 7 nitrogen and oxygen atoms in total. The van der Waals surface area contributed by atoms with E-state index in [4.69, 9.17) is 16.3 Å². The highest BCUT2D eigenvalue weighted by Gasteiger charge is 2.55. The van der Waals surface area contributed by atoms with Crippen LogP contribution in [0.3, 0.4) is 0 Å². The Balaban J connectivity index is 1.34. The van der Waals surface area contributed by atoms with Gasteiger partial charge in [0.15, 0.2) is 6.61 Å². The van der Waals surface area contributed by atoms with Gasteiger partial charge in [-0.3, -0.25) is 9.59 Å². The van der Waals surface area contributed by atoms with Gasteiger partial charge in [-0.05, 0) is 61.8 Å². The van der Waals surface area contributed by atoms with E-state index in [0.717, 1.165) is 17.6 Å². The topological polar surface area (TPSA) is 101 Å². The zero-order valence-electron chi connectivity index (χ0n) is 16.0. The molecule has 3 saturated carbocycles. The Kier molecular flexibility index (Phi) is 5.69. The molecule has 2 aromatic rings. The molecule has 10 heteroatoms. The average Bonchev–Trinajstić information content (AvgIpc) is 3.25. The standard InChI is InChI=1S/C20H21ClFN3O4S/c21-13-2-1-12(9-14(13)22)29-11-17(27)24-20-6-4-19(5-7-20,10-16(20)26)25-18(28)15-3-8-23-30-15/h1-3,8-9,16,26H,4-7,10-11H2,(H,24,27)(H,25,28). The number of hydrogen-bond donors (Lipinski definition) is 3. The van der Waals surface area contributed by atoms with Gasteiger partial charge in [0.2, 0.25) is 0 Å². The van der Waals surface area contributed by atoms with Crippen LogP contribution in [0.5, 0.6) is 5.75 Å². The minimum Gasteiger partial charge on any atom is -0.484 e. The van der Waals surface area contributed by atoms with Crippen LogP contribution in [0.15, 0.2) is 30.5 Å². The zero-order chi connectivity index (χ0) is 21.4. The van der Waals surface area contributed by atoms with Crippen molar-refractivity contribution in [3.63, 3.8) is 0 Å². The van der Waals surface area contributed by atoms with Crippen molar-refractivity contribution in [2.24, 2.45) is 0 Å². The maximum Gasteiger partial charge on any atom is 0.263 e. The Hall–Kier alpha value is -2.23.